The molecule has 0 aliphatic carbocycles. The number of nitrogens with two attached hydrogens (primary N) is 2. The predicted octanol–water partition coefficient (Wildman–Crippen LogP) is 2.17. The maximum absolute atomic E-state index is 6.22. The van der Waals surface area contributed by atoms with Crippen LogP contribution in [0.1, 0.15) is 31.0 Å². The molecule has 0 saturated carbocycles. The van der Waals surface area contributed by atoms with E-state index in [9.17, 15) is 0 Å². The lowest BCUT2D eigenvalue weighted by atomic mass is 10.0. The summed E-state index contributed by atoms with van der Waals surface area (Å²) in [5, 5.41) is 2.98. The van der Waals surface area contributed by atoms with Gasteiger partial charge < -0.3 is 11.1 Å². The summed E-state index contributed by atoms with van der Waals surface area (Å²) in [5.41, 5.74) is 7.78. The average Bonchev–Trinajstić information content (AvgIpc) is 2.48. The van der Waals surface area contributed by atoms with Gasteiger partial charge in [0.1, 0.15) is 17.6 Å². The second-order valence-corrected chi connectivity index (χ2v) is 5.55. The van der Waals surface area contributed by atoms with E-state index < -0.39 is 0 Å². The van der Waals surface area contributed by atoms with Crippen LogP contribution in [0.3, 0.4) is 0 Å². The normalized spacial score (nSPS) is 18.9. The van der Waals surface area contributed by atoms with Crippen molar-refractivity contribution in [1.29, 1.82) is 0 Å². The van der Waals surface area contributed by atoms with Gasteiger partial charge in [-0.1, -0.05) is 23.7 Å². The Morgan fingerprint density at radius 2 is 2.05 bits per heavy atom. The summed E-state index contributed by atoms with van der Waals surface area (Å²) in [6.07, 6.45) is 3.65. The quantitative estimate of drug-likeness (QED) is 0.890. The van der Waals surface area contributed by atoms with Gasteiger partial charge in [0.25, 0.3) is 0 Å². The highest BCUT2D eigenvalue weighted by molar-refractivity contribution is 6.33. The molecule has 0 spiro atoms. The molecule has 1 unspecified atom stereocenters. The van der Waals surface area contributed by atoms with Crippen molar-refractivity contribution >= 4 is 17.4 Å². The molecule has 4 N–H and O–H groups in total. The van der Waals surface area contributed by atoms with Crippen molar-refractivity contribution in [2.45, 2.75) is 25.3 Å². The van der Waals surface area contributed by atoms with E-state index in [1.54, 1.807) is 0 Å². The first-order valence-electron chi connectivity index (χ1n) is 6.97. The highest BCUT2D eigenvalue weighted by atomic mass is 35.5. The van der Waals surface area contributed by atoms with Crippen LogP contribution in [0.5, 0.6) is 0 Å². The van der Waals surface area contributed by atoms with Crippen molar-refractivity contribution in [2.75, 3.05) is 12.3 Å². The number of nitrogen functional groups attached to an aromatic ring is 1. The number of anilines is 1. The largest absolute Gasteiger partial charge is 0.384 e. The van der Waals surface area contributed by atoms with Gasteiger partial charge >= 0.3 is 0 Å². The standard InChI is InChI=1S/C15H17ClN4/c16-11-6-2-1-5-10(11)15-19-13(9-14(17)20-15)12-7-3-4-8-18-12/h1-2,5-6,9,12,18H,3-4,7-8H2,(H2,17,19,20)/p+1. The third kappa shape index (κ3) is 2.76. The van der Waals surface area contributed by atoms with Gasteiger partial charge in [0, 0.05) is 18.1 Å². The molecule has 1 aliphatic rings. The Morgan fingerprint density at radius 1 is 1.20 bits per heavy atom. The van der Waals surface area contributed by atoms with Gasteiger partial charge in [0.2, 0.25) is 0 Å². The Balaban J connectivity index is 2.00. The lowest BCUT2D eigenvalue weighted by Crippen LogP contribution is -2.86. The van der Waals surface area contributed by atoms with Crippen LogP contribution < -0.4 is 11.1 Å². The SMILES string of the molecule is Nc1cc(C2CCCC[NH2+]2)nc(-c2ccccc2Cl)n1. The van der Waals surface area contributed by atoms with Crippen molar-refractivity contribution < 1.29 is 5.32 Å². The van der Waals surface area contributed by atoms with Gasteiger partial charge in [0.05, 0.1) is 11.6 Å². The zero-order valence-electron chi connectivity index (χ0n) is 11.2. The van der Waals surface area contributed by atoms with E-state index in [-0.39, 0.29) is 0 Å². The minimum Gasteiger partial charge on any atom is -0.384 e. The van der Waals surface area contributed by atoms with Crippen LogP contribution in [-0.4, -0.2) is 16.5 Å². The Bertz CT molecular complexity index is 609. The smallest absolute Gasteiger partial charge is 0.163 e. The molecule has 1 fully saturated rings. The number of quaternary nitrogens is 1. The minimum atomic E-state index is 0.385. The number of nitrogens with zero attached hydrogens (tertiary/aromatic N) is 2. The fourth-order valence-corrected chi connectivity index (χ4v) is 2.87. The monoisotopic (exact) mass is 289 g/mol. The van der Waals surface area contributed by atoms with Crippen LogP contribution in [0.15, 0.2) is 30.3 Å². The topological polar surface area (TPSA) is 68.4 Å². The molecule has 4 nitrogen and oxygen atoms in total. The van der Waals surface area contributed by atoms with E-state index in [4.69, 9.17) is 17.3 Å². The molecule has 1 aromatic carbocycles. The molecule has 0 bridgehead atoms. The molecule has 1 aromatic heterocycles. The first-order chi connectivity index (χ1) is 9.74. The molecule has 0 amide bonds. The van der Waals surface area contributed by atoms with E-state index in [2.05, 4.69) is 15.3 Å². The summed E-state index contributed by atoms with van der Waals surface area (Å²) in [6, 6.07) is 9.86. The number of aromatic nitrogens is 2. The van der Waals surface area contributed by atoms with Gasteiger partial charge in [-0.2, -0.15) is 0 Å². The van der Waals surface area contributed by atoms with Crippen molar-refractivity contribution in [1.82, 2.24) is 9.97 Å². The second-order valence-electron chi connectivity index (χ2n) is 5.15. The van der Waals surface area contributed by atoms with Crippen LogP contribution in [0.2, 0.25) is 5.02 Å². The third-order valence-corrected chi connectivity index (χ3v) is 4.01. The first-order valence-corrected chi connectivity index (χ1v) is 7.34. The van der Waals surface area contributed by atoms with E-state index >= 15 is 0 Å². The molecule has 2 heterocycles. The number of rotatable bonds is 2. The van der Waals surface area contributed by atoms with Gasteiger partial charge in [-0.05, 0) is 25.0 Å². The molecule has 0 radical (unpaired) electrons. The summed E-state index contributed by atoms with van der Waals surface area (Å²) in [5.74, 6) is 1.12. The number of benzene rings is 1. The van der Waals surface area contributed by atoms with Crippen LogP contribution in [0.25, 0.3) is 11.4 Å². The molecule has 1 aliphatic heterocycles. The van der Waals surface area contributed by atoms with E-state index in [0.29, 0.717) is 22.7 Å². The first kappa shape index (κ1) is 13.3. The summed E-state index contributed by atoms with van der Waals surface area (Å²) < 4.78 is 0. The highest BCUT2D eigenvalue weighted by Gasteiger charge is 2.21. The highest BCUT2D eigenvalue weighted by Crippen LogP contribution is 2.27. The molecular formula is C15H18ClN4+. The average molecular weight is 290 g/mol. The number of halogens is 1. The third-order valence-electron chi connectivity index (χ3n) is 3.68. The molecule has 1 atom stereocenters. The van der Waals surface area contributed by atoms with Crippen molar-refractivity contribution in [3.05, 3.63) is 41.0 Å². The van der Waals surface area contributed by atoms with E-state index in [1.165, 1.54) is 12.8 Å². The fraction of sp³-hybridized carbons (Fsp3) is 0.333. The molecule has 20 heavy (non-hydrogen) atoms. The Morgan fingerprint density at radius 3 is 2.80 bits per heavy atom. The number of hydrogen-bond acceptors (Lipinski definition) is 3. The Labute approximate surface area is 123 Å². The van der Waals surface area contributed by atoms with Gasteiger partial charge in [-0.3, -0.25) is 0 Å². The van der Waals surface area contributed by atoms with Gasteiger partial charge in [0.15, 0.2) is 5.82 Å². The van der Waals surface area contributed by atoms with E-state index in [0.717, 1.165) is 24.2 Å². The van der Waals surface area contributed by atoms with Crippen LogP contribution in [0, 0.1) is 0 Å². The summed E-state index contributed by atoms with van der Waals surface area (Å²) >= 11 is 6.22. The predicted molar refractivity (Wildman–Crippen MR) is 80.3 cm³/mol. The van der Waals surface area contributed by atoms with Crippen LogP contribution >= 0.6 is 11.6 Å². The van der Waals surface area contributed by atoms with Crippen molar-refractivity contribution in [2.24, 2.45) is 0 Å². The van der Waals surface area contributed by atoms with Crippen molar-refractivity contribution in [3.63, 3.8) is 0 Å². The summed E-state index contributed by atoms with van der Waals surface area (Å²) in [6.45, 7) is 1.15. The molecule has 104 valence electrons. The van der Waals surface area contributed by atoms with Crippen LogP contribution in [-0.2, 0) is 0 Å². The van der Waals surface area contributed by atoms with Crippen LogP contribution in [0.4, 0.5) is 5.82 Å². The second kappa shape index (κ2) is 5.77. The molecular weight excluding hydrogens is 272 g/mol. The summed E-state index contributed by atoms with van der Waals surface area (Å²) in [4.78, 5) is 9.01. The lowest BCUT2D eigenvalue weighted by molar-refractivity contribution is -0.704. The molecule has 1 saturated heterocycles. The van der Waals surface area contributed by atoms with Gasteiger partial charge in [-0.25, -0.2) is 9.97 Å². The zero-order chi connectivity index (χ0) is 13.9. The molecule has 2 aromatic rings. The fourth-order valence-electron chi connectivity index (χ4n) is 2.65. The number of piperidine rings is 1. The maximum Gasteiger partial charge on any atom is 0.163 e. The minimum absolute atomic E-state index is 0.385. The van der Waals surface area contributed by atoms with Crippen molar-refractivity contribution in [3.8, 4) is 11.4 Å². The maximum atomic E-state index is 6.22. The molecule has 5 heteroatoms. The Hall–Kier alpha value is -1.65. The lowest BCUT2D eigenvalue weighted by Gasteiger charge is -2.20. The number of hydrogen-bond donors (Lipinski definition) is 2. The Kier molecular flexibility index (Phi) is 3.85. The van der Waals surface area contributed by atoms with E-state index in [1.807, 2.05) is 30.3 Å². The molecule has 3 rings (SSSR count). The zero-order valence-corrected chi connectivity index (χ0v) is 12.0. The van der Waals surface area contributed by atoms with Gasteiger partial charge in [-0.15, -0.1) is 0 Å². The summed E-state index contributed by atoms with van der Waals surface area (Å²) in [7, 11) is 0.